The summed E-state index contributed by atoms with van der Waals surface area (Å²) in [5.41, 5.74) is 3.57. The molecule has 0 aliphatic carbocycles. The number of ketones is 1. The molecule has 3 aromatic rings. The van der Waals surface area contributed by atoms with Crippen molar-refractivity contribution < 1.29 is 4.79 Å². The van der Waals surface area contributed by atoms with Crippen LogP contribution in [0, 0.1) is 11.2 Å². The highest BCUT2D eigenvalue weighted by molar-refractivity contribution is 6.67. The summed E-state index contributed by atoms with van der Waals surface area (Å²) < 4.78 is 2.30. The number of carbonyl (C=O) groups is 1. The van der Waals surface area contributed by atoms with Crippen LogP contribution in [0.1, 0.15) is 57.1 Å². The molecule has 142 valence electrons. The number of nitriles is 1. The van der Waals surface area contributed by atoms with Crippen LogP contribution in [0.3, 0.4) is 0 Å². The second-order valence-electron chi connectivity index (χ2n) is 8.29. The van der Waals surface area contributed by atoms with Crippen molar-refractivity contribution in [3.05, 3.63) is 42.1 Å². The molecule has 0 bridgehead atoms. The number of carbonyl (C=O) groups excluding carboxylic acids is 1. The maximum absolute atomic E-state index is 11.5. The number of Topliss-reactive ketones (excluding diaryl/α,β-unsaturated/α-hetero) is 1. The van der Waals surface area contributed by atoms with Gasteiger partial charge in [0.15, 0.2) is 0 Å². The van der Waals surface area contributed by atoms with Crippen LogP contribution >= 0.6 is 0 Å². The van der Waals surface area contributed by atoms with Gasteiger partial charge in [-0.3, -0.25) is 0 Å². The summed E-state index contributed by atoms with van der Waals surface area (Å²) in [6.07, 6.45) is 7.46. The Kier molecular flexibility index (Phi) is 5.22. The fraction of sp³-hybridized carbons (Fsp3) is 0.435. The Bertz CT molecular complexity index is 1060. The van der Waals surface area contributed by atoms with Crippen LogP contribution in [0.5, 0.6) is 0 Å². The van der Waals surface area contributed by atoms with Crippen molar-refractivity contribution in [2.45, 2.75) is 64.1 Å². The first-order chi connectivity index (χ1) is 13.6. The van der Waals surface area contributed by atoms with Gasteiger partial charge in [0.05, 0.1) is 5.52 Å². The standard InChI is InChI=1S/C23H26BN3O/c1-16(5-6-17(2)28)27-22-8-7-19(18-9-11-24(15-25)12-10-18)14-21(22)20-4-3-13-26-23(20)27/h3-4,7-8,13-14,16,18H,5-6,9-12H2,1-2H3. The molecule has 2 aromatic heterocycles. The average Bonchev–Trinajstić information content (AvgIpc) is 3.06. The summed E-state index contributed by atoms with van der Waals surface area (Å²) in [5.74, 6) is 3.20. The molecule has 1 aliphatic heterocycles. The summed E-state index contributed by atoms with van der Waals surface area (Å²) in [5, 5.41) is 11.6. The number of hydrogen-bond acceptors (Lipinski definition) is 3. The molecule has 1 atom stereocenters. The molecule has 0 radical (unpaired) electrons. The smallest absolute Gasteiger partial charge is 0.267 e. The predicted molar refractivity (Wildman–Crippen MR) is 115 cm³/mol. The molecular formula is C23H26BN3O. The van der Waals surface area contributed by atoms with Crippen molar-refractivity contribution in [3.63, 3.8) is 0 Å². The molecule has 0 N–H and O–H groups in total. The zero-order chi connectivity index (χ0) is 19.7. The van der Waals surface area contributed by atoms with Crippen molar-refractivity contribution in [3.8, 4) is 5.97 Å². The van der Waals surface area contributed by atoms with E-state index in [0.717, 1.165) is 37.5 Å². The van der Waals surface area contributed by atoms with E-state index in [4.69, 9.17) is 5.26 Å². The number of rotatable bonds is 5. The Morgan fingerprint density at radius 1 is 1.32 bits per heavy atom. The average molecular weight is 371 g/mol. The lowest BCUT2D eigenvalue weighted by atomic mass is 9.41. The van der Waals surface area contributed by atoms with Gasteiger partial charge in [-0.2, -0.15) is 0 Å². The molecule has 1 unspecified atom stereocenters. The first kappa shape index (κ1) is 18.7. The SMILES string of the molecule is CC(=O)CCC(C)n1c2ccc(C3CCB(C#N)CC3)cc2c2cccnc21. The Labute approximate surface area is 166 Å². The minimum absolute atomic E-state index is 0.218. The third-order valence-electron chi connectivity index (χ3n) is 6.32. The highest BCUT2D eigenvalue weighted by Gasteiger charge is 2.26. The molecule has 1 aromatic carbocycles. The van der Waals surface area contributed by atoms with Crippen LogP contribution in [0.4, 0.5) is 0 Å². The quantitative estimate of drug-likeness (QED) is 0.552. The fourth-order valence-electron chi connectivity index (χ4n) is 4.69. The van der Waals surface area contributed by atoms with Crippen LogP contribution in [-0.4, -0.2) is 22.0 Å². The molecule has 0 spiro atoms. The summed E-state index contributed by atoms with van der Waals surface area (Å²) in [6, 6.07) is 11.2. The monoisotopic (exact) mass is 371 g/mol. The van der Waals surface area contributed by atoms with E-state index in [0.29, 0.717) is 12.3 Å². The van der Waals surface area contributed by atoms with Gasteiger partial charge in [0.1, 0.15) is 11.4 Å². The van der Waals surface area contributed by atoms with Gasteiger partial charge in [0, 0.05) is 35.4 Å². The topological polar surface area (TPSA) is 58.7 Å². The van der Waals surface area contributed by atoms with Crippen molar-refractivity contribution in [1.29, 1.82) is 5.26 Å². The zero-order valence-electron chi connectivity index (χ0n) is 16.7. The normalized spacial score (nSPS) is 16.4. The summed E-state index contributed by atoms with van der Waals surface area (Å²) in [6.45, 7) is 4.06. The van der Waals surface area contributed by atoms with Crippen molar-refractivity contribution in [1.82, 2.24) is 9.55 Å². The van der Waals surface area contributed by atoms with E-state index in [9.17, 15) is 4.79 Å². The number of nitrogens with zero attached hydrogens (tertiary/aromatic N) is 3. The molecule has 0 saturated carbocycles. The molecule has 1 saturated heterocycles. The van der Waals surface area contributed by atoms with Crippen LogP contribution in [0.2, 0.25) is 12.6 Å². The maximum atomic E-state index is 11.5. The maximum Gasteiger partial charge on any atom is 0.267 e. The molecule has 4 nitrogen and oxygen atoms in total. The zero-order valence-corrected chi connectivity index (χ0v) is 16.7. The first-order valence-electron chi connectivity index (χ1n) is 10.4. The Morgan fingerprint density at radius 2 is 2.11 bits per heavy atom. The Balaban J connectivity index is 1.74. The fourth-order valence-corrected chi connectivity index (χ4v) is 4.69. The van der Waals surface area contributed by atoms with Crippen molar-refractivity contribution in [2.75, 3.05) is 0 Å². The van der Waals surface area contributed by atoms with E-state index in [1.165, 1.54) is 21.9 Å². The third kappa shape index (κ3) is 3.44. The van der Waals surface area contributed by atoms with Gasteiger partial charge < -0.3 is 9.36 Å². The van der Waals surface area contributed by atoms with Gasteiger partial charge in [0.2, 0.25) is 0 Å². The highest BCUT2D eigenvalue weighted by Crippen LogP contribution is 2.38. The number of benzene rings is 1. The number of pyridine rings is 1. The first-order valence-corrected chi connectivity index (χ1v) is 10.4. The van der Waals surface area contributed by atoms with Crippen LogP contribution in [-0.2, 0) is 4.79 Å². The lowest BCUT2D eigenvalue weighted by Crippen LogP contribution is -2.18. The van der Waals surface area contributed by atoms with E-state index >= 15 is 0 Å². The Morgan fingerprint density at radius 3 is 2.82 bits per heavy atom. The second kappa shape index (κ2) is 7.79. The summed E-state index contributed by atoms with van der Waals surface area (Å²) >= 11 is 0. The van der Waals surface area contributed by atoms with Gasteiger partial charge in [-0.05, 0) is 56.0 Å². The molecule has 5 heteroatoms. The molecular weight excluding hydrogens is 345 g/mol. The third-order valence-corrected chi connectivity index (χ3v) is 6.32. The minimum atomic E-state index is 0.218. The minimum Gasteiger partial charge on any atom is -0.322 e. The van der Waals surface area contributed by atoms with Gasteiger partial charge in [-0.15, -0.1) is 0 Å². The van der Waals surface area contributed by atoms with Crippen LogP contribution in [0.15, 0.2) is 36.5 Å². The lowest BCUT2D eigenvalue weighted by molar-refractivity contribution is -0.117. The van der Waals surface area contributed by atoms with Crippen molar-refractivity contribution >= 4 is 34.4 Å². The van der Waals surface area contributed by atoms with Crippen LogP contribution < -0.4 is 0 Å². The summed E-state index contributed by atoms with van der Waals surface area (Å²) in [7, 11) is 0. The van der Waals surface area contributed by atoms with Gasteiger partial charge in [-0.25, -0.2) is 10.2 Å². The lowest BCUT2D eigenvalue weighted by Gasteiger charge is -2.23. The molecule has 4 rings (SSSR count). The van der Waals surface area contributed by atoms with Crippen LogP contribution in [0.25, 0.3) is 21.9 Å². The molecule has 28 heavy (non-hydrogen) atoms. The number of hydrogen-bond donors (Lipinski definition) is 0. The van der Waals surface area contributed by atoms with Crippen molar-refractivity contribution in [2.24, 2.45) is 0 Å². The van der Waals surface area contributed by atoms with Gasteiger partial charge >= 0.3 is 0 Å². The number of fused-ring (bicyclic) bond motifs is 3. The predicted octanol–water partition coefficient (Wildman–Crippen LogP) is 5.55. The molecule has 1 fully saturated rings. The van der Waals surface area contributed by atoms with Gasteiger partial charge in [0.25, 0.3) is 6.71 Å². The van der Waals surface area contributed by atoms with E-state index in [2.05, 4.69) is 46.7 Å². The summed E-state index contributed by atoms with van der Waals surface area (Å²) in [4.78, 5) is 16.1. The molecule has 1 aliphatic rings. The Hall–Kier alpha value is -2.61. The van der Waals surface area contributed by atoms with E-state index in [-0.39, 0.29) is 18.5 Å². The van der Waals surface area contributed by atoms with E-state index in [1.54, 1.807) is 6.92 Å². The van der Waals surface area contributed by atoms with Gasteiger partial charge in [-0.1, -0.05) is 31.5 Å². The molecule has 0 amide bonds. The largest absolute Gasteiger partial charge is 0.322 e. The van der Waals surface area contributed by atoms with E-state index < -0.39 is 0 Å². The molecule has 3 heterocycles. The highest BCUT2D eigenvalue weighted by atomic mass is 16.1. The van der Waals surface area contributed by atoms with E-state index in [1.807, 2.05) is 12.3 Å². The second-order valence-corrected chi connectivity index (χ2v) is 8.29. The number of aromatic nitrogens is 2.